The molecule has 1 N–H and O–H groups in total. The maximum absolute atomic E-state index is 4.15. The number of hydrogen-bond donors (Lipinski definition) is 1. The van der Waals surface area contributed by atoms with Crippen LogP contribution in [0.25, 0.3) is 0 Å². The highest BCUT2D eigenvalue weighted by Crippen LogP contribution is 2.26. The second-order valence-electron chi connectivity index (χ2n) is 4.22. The molecule has 4 heteroatoms. The van der Waals surface area contributed by atoms with E-state index in [9.17, 15) is 0 Å². The van der Waals surface area contributed by atoms with Crippen molar-refractivity contribution in [1.82, 2.24) is 20.3 Å². The Hall–Kier alpha value is -0.900. The molecule has 4 nitrogen and oxygen atoms in total. The number of aryl methyl sites for hydroxylation is 1. The standard InChI is InChI=1S/C10H18N4/c1-3-10(5-4-6-11-10)7-9-8-14(2)13-12-9/h8,11H,3-7H2,1-2H3. The Labute approximate surface area is 84.7 Å². The lowest BCUT2D eigenvalue weighted by Crippen LogP contribution is -2.41. The summed E-state index contributed by atoms with van der Waals surface area (Å²) in [6.45, 7) is 3.39. The number of hydrogen-bond acceptors (Lipinski definition) is 3. The molecule has 2 heterocycles. The molecule has 1 unspecified atom stereocenters. The van der Waals surface area contributed by atoms with Crippen LogP contribution in [0.1, 0.15) is 31.9 Å². The lowest BCUT2D eigenvalue weighted by molar-refractivity contribution is 0.356. The molecule has 0 saturated carbocycles. The smallest absolute Gasteiger partial charge is 0.0845 e. The topological polar surface area (TPSA) is 42.7 Å². The van der Waals surface area contributed by atoms with E-state index in [2.05, 4.69) is 22.6 Å². The van der Waals surface area contributed by atoms with E-state index >= 15 is 0 Å². The molecule has 1 saturated heterocycles. The van der Waals surface area contributed by atoms with Gasteiger partial charge in [-0.25, -0.2) is 0 Å². The second-order valence-corrected chi connectivity index (χ2v) is 4.22. The Morgan fingerprint density at radius 1 is 1.64 bits per heavy atom. The van der Waals surface area contributed by atoms with Gasteiger partial charge in [-0.2, -0.15) is 0 Å². The van der Waals surface area contributed by atoms with E-state index in [4.69, 9.17) is 0 Å². The monoisotopic (exact) mass is 194 g/mol. The van der Waals surface area contributed by atoms with Gasteiger partial charge in [0.15, 0.2) is 0 Å². The van der Waals surface area contributed by atoms with Gasteiger partial charge in [0.25, 0.3) is 0 Å². The molecule has 0 aromatic carbocycles. The minimum atomic E-state index is 0.288. The van der Waals surface area contributed by atoms with Crippen LogP contribution in [0, 0.1) is 0 Å². The van der Waals surface area contributed by atoms with Gasteiger partial charge in [0.05, 0.1) is 5.69 Å². The van der Waals surface area contributed by atoms with Crippen molar-refractivity contribution in [3.8, 4) is 0 Å². The van der Waals surface area contributed by atoms with Gasteiger partial charge >= 0.3 is 0 Å². The molecule has 1 atom stereocenters. The fourth-order valence-corrected chi connectivity index (χ4v) is 2.27. The normalized spacial score (nSPS) is 27.0. The minimum absolute atomic E-state index is 0.288. The summed E-state index contributed by atoms with van der Waals surface area (Å²) in [7, 11) is 1.91. The van der Waals surface area contributed by atoms with Gasteiger partial charge in [-0.15, -0.1) is 5.10 Å². The number of rotatable bonds is 3. The molecule has 1 aromatic rings. The molecule has 0 amide bonds. The lowest BCUT2D eigenvalue weighted by atomic mass is 9.89. The predicted molar refractivity (Wildman–Crippen MR) is 55.0 cm³/mol. The minimum Gasteiger partial charge on any atom is -0.311 e. The quantitative estimate of drug-likeness (QED) is 0.777. The Morgan fingerprint density at radius 3 is 3.00 bits per heavy atom. The largest absolute Gasteiger partial charge is 0.311 e. The molecule has 1 aliphatic rings. The summed E-state index contributed by atoms with van der Waals surface area (Å²) in [4.78, 5) is 0. The average molecular weight is 194 g/mol. The van der Waals surface area contributed by atoms with Gasteiger partial charge in [-0.05, 0) is 25.8 Å². The van der Waals surface area contributed by atoms with E-state index < -0.39 is 0 Å². The number of aromatic nitrogens is 3. The van der Waals surface area contributed by atoms with Crippen LogP contribution in [0.2, 0.25) is 0 Å². The van der Waals surface area contributed by atoms with Crippen LogP contribution in [-0.2, 0) is 13.5 Å². The van der Waals surface area contributed by atoms with Crippen molar-refractivity contribution in [2.45, 2.75) is 38.1 Å². The van der Waals surface area contributed by atoms with Gasteiger partial charge in [-0.3, -0.25) is 4.68 Å². The second kappa shape index (κ2) is 3.69. The van der Waals surface area contributed by atoms with E-state index in [0.29, 0.717) is 0 Å². The predicted octanol–water partition coefficient (Wildman–Crippen LogP) is 0.890. The zero-order valence-electron chi connectivity index (χ0n) is 8.95. The van der Waals surface area contributed by atoms with Crippen LogP contribution in [0.15, 0.2) is 6.20 Å². The molecule has 0 spiro atoms. The highest BCUT2D eigenvalue weighted by atomic mass is 15.4. The van der Waals surface area contributed by atoms with Crippen molar-refractivity contribution in [1.29, 1.82) is 0 Å². The van der Waals surface area contributed by atoms with Crippen molar-refractivity contribution in [2.75, 3.05) is 6.54 Å². The first-order valence-electron chi connectivity index (χ1n) is 5.34. The van der Waals surface area contributed by atoms with E-state index in [0.717, 1.165) is 18.7 Å². The molecule has 14 heavy (non-hydrogen) atoms. The van der Waals surface area contributed by atoms with Crippen LogP contribution < -0.4 is 5.32 Å². The molecule has 0 radical (unpaired) electrons. The van der Waals surface area contributed by atoms with Crippen molar-refractivity contribution in [3.63, 3.8) is 0 Å². The molecule has 0 bridgehead atoms. The fourth-order valence-electron chi connectivity index (χ4n) is 2.27. The maximum atomic E-state index is 4.15. The first kappa shape index (κ1) is 9.65. The lowest BCUT2D eigenvalue weighted by Gasteiger charge is -2.26. The van der Waals surface area contributed by atoms with Crippen molar-refractivity contribution < 1.29 is 0 Å². The molecule has 78 valence electrons. The average Bonchev–Trinajstić information content (AvgIpc) is 2.77. The SMILES string of the molecule is CCC1(Cc2cn(C)nn2)CCCN1. The summed E-state index contributed by atoms with van der Waals surface area (Å²) in [5.74, 6) is 0. The summed E-state index contributed by atoms with van der Waals surface area (Å²) in [5, 5.41) is 11.7. The fraction of sp³-hybridized carbons (Fsp3) is 0.800. The van der Waals surface area contributed by atoms with E-state index in [1.54, 1.807) is 4.68 Å². The van der Waals surface area contributed by atoms with Gasteiger partial charge in [0, 0.05) is 25.2 Å². The maximum Gasteiger partial charge on any atom is 0.0845 e. The molecular formula is C10H18N4. The van der Waals surface area contributed by atoms with Gasteiger partial charge in [-0.1, -0.05) is 12.1 Å². The Balaban J connectivity index is 2.08. The van der Waals surface area contributed by atoms with Crippen LogP contribution in [-0.4, -0.2) is 27.1 Å². The summed E-state index contributed by atoms with van der Waals surface area (Å²) >= 11 is 0. The molecule has 1 aliphatic heterocycles. The van der Waals surface area contributed by atoms with Gasteiger partial charge in [0.1, 0.15) is 0 Å². The Bertz CT molecular complexity index is 299. The van der Waals surface area contributed by atoms with Crippen molar-refractivity contribution >= 4 is 0 Å². The summed E-state index contributed by atoms with van der Waals surface area (Å²) in [6.07, 6.45) is 6.74. The Kier molecular flexibility index (Phi) is 2.54. The van der Waals surface area contributed by atoms with E-state index in [1.165, 1.54) is 19.3 Å². The van der Waals surface area contributed by atoms with Crippen molar-refractivity contribution in [2.24, 2.45) is 7.05 Å². The molecule has 1 aromatic heterocycles. The molecule has 2 rings (SSSR count). The summed E-state index contributed by atoms with van der Waals surface area (Å²) in [5.41, 5.74) is 1.39. The first-order valence-corrected chi connectivity index (χ1v) is 5.34. The number of nitrogens with zero attached hydrogens (tertiary/aromatic N) is 3. The van der Waals surface area contributed by atoms with Crippen LogP contribution >= 0.6 is 0 Å². The third-order valence-corrected chi connectivity index (χ3v) is 3.18. The third kappa shape index (κ3) is 1.80. The van der Waals surface area contributed by atoms with E-state index in [-0.39, 0.29) is 5.54 Å². The zero-order chi connectivity index (χ0) is 10.0. The van der Waals surface area contributed by atoms with Crippen LogP contribution in [0.5, 0.6) is 0 Å². The van der Waals surface area contributed by atoms with Crippen molar-refractivity contribution in [3.05, 3.63) is 11.9 Å². The van der Waals surface area contributed by atoms with Crippen LogP contribution in [0.3, 0.4) is 0 Å². The summed E-state index contributed by atoms with van der Waals surface area (Å²) < 4.78 is 1.77. The molecule has 1 fully saturated rings. The molecule has 0 aliphatic carbocycles. The highest BCUT2D eigenvalue weighted by molar-refractivity contribution is 5.04. The van der Waals surface area contributed by atoms with Crippen LogP contribution in [0.4, 0.5) is 0 Å². The summed E-state index contributed by atoms with van der Waals surface area (Å²) in [6, 6.07) is 0. The van der Waals surface area contributed by atoms with E-state index in [1.807, 2.05) is 13.2 Å². The zero-order valence-corrected chi connectivity index (χ0v) is 8.95. The van der Waals surface area contributed by atoms with Gasteiger partial charge < -0.3 is 5.32 Å². The first-order chi connectivity index (χ1) is 6.74. The number of nitrogens with one attached hydrogen (secondary N) is 1. The van der Waals surface area contributed by atoms with Gasteiger partial charge in [0.2, 0.25) is 0 Å². The third-order valence-electron chi connectivity index (χ3n) is 3.18. The molecular weight excluding hydrogens is 176 g/mol. The highest BCUT2D eigenvalue weighted by Gasteiger charge is 2.32. The Morgan fingerprint density at radius 2 is 2.50 bits per heavy atom.